The van der Waals surface area contributed by atoms with Crippen molar-refractivity contribution in [2.24, 2.45) is 5.92 Å². The van der Waals surface area contributed by atoms with Gasteiger partial charge in [0.2, 0.25) is 5.91 Å². The summed E-state index contributed by atoms with van der Waals surface area (Å²) >= 11 is 0. The molecule has 1 atom stereocenters. The van der Waals surface area contributed by atoms with Crippen LogP contribution < -0.4 is 10.6 Å². The Kier molecular flexibility index (Phi) is 6.90. The van der Waals surface area contributed by atoms with E-state index in [2.05, 4.69) is 25.7 Å². The standard InChI is InChI=1S/C22H26N6O2/c1-15(2)11-19(27-21(29)18-9-5-4-7-16(18)3)22(30)25-12-17-8-6-10-24-20(17)28-14-23-13-26-28/h4-10,13-15,19H,11-12H2,1-3H3,(H,25,30)(H,27,29). The normalized spacial score (nSPS) is 11.9. The maximum absolute atomic E-state index is 12.9. The number of hydrogen-bond donors (Lipinski definition) is 2. The van der Waals surface area contributed by atoms with Crippen LogP contribution in [-0.2, 0) is 11.3 Å². The van der Waals surface area contributed by atoms with Gasteiger partial charge in [0.25, 0.3) is 5.91 Å². The van der Waals surface area contributed by atoms with Crippen molar-refractivity contribution in [1.82, 2.24) is 30.4 Å². The third kappa shape index (κ3) is 5.28. The SMILES string of the molecule is Cc1ccccc1C(=O)NC(CC(C)C)C(=O)NCc1cccnc1-n1cncn1. The molecule has 0 saturated carbocycles. The fourth-order valence-electron chi connectivity index (χ4n) is 3.16. The van der Waals surface area contributed by atoms with Crippen LogP contribution in [0.15, 0.2) is 55.2 Å². The van der Waals surface area contributed by atoms with Crippen LogP contribution in [0.5, 0.6) is 0 Å². The summed E-state index contributed by atoms with van der Waals surface area (Å²) in [5.41, 5.74) is 2.23. The molecule has 156 valence electrons. The van der Waals surface area contributed by atoms with Gasteiger partial charge >= 0.3 is 0 Å². The highest BCUT2D eigenvalue weighted by Gasteiger charge is 2.23. The van der Waals surface area contributed by atoms with Gasteiger partial charge in [-0.25, -0.2) is 14.6 Å². The summed E-state index contributed by atoms with van der Waals surface area (Å²) in [6.45, 7) is 6.17. The average molecular weight is 406 g/mol. The molecule has 2 aromatic heterocycles. The Balaban J connectivity index is 1.71. The fourth-order valence-corrected chi connectivity index (χ4v) is 3.16. The molecule has 0 saturated heterocycles. The first-order valence-electron chi connectivity index (χ1n) is 9.88. The van der Waals surface area contributed by atoms with E-state index < -0.39 is 6.04 Å². The lowest BCUT2D eigenvalue weighted by atomic mass is 10.0. The number of aromatic nitrogens is 4. The molecule has 3 rings (SSSR count). The molecule has 2 N–H and O–H groups in total. The van der Waals surface area contributed by atoms with Gasteiger partial charge in [0.1, 0.15) is 18.7 Å². The topological polar surface area (TPSA) is 102 Å². The minimum Gasteiger partial charge on any atom is -0.350 e. The smallest absolute Gasteiger partial charge is 0.252 e. The molecule has 8 heteroatoms. The van der Waals surface area contributed by atoms with Crippen LogP contribution in [0.2, 0.25) is 0 Å². The summed E-state index contributed by atoms with van der Waals surface area (Å²) in [5, 5.41) is 9.92. The number of carbonyl (C=O) groups is 2. The van der Waals surface area contributed by atoms with Crippen molar-refractivity contribution >= 4 is 11.8 Å². The third-order valence-electron chi connectivity index (χ3n) is 4.67. The van der Waals surface area contributed by atoms with Crippen LogP contribution in [0, 0.1) is 12.8 Å². The summed E-state index contributed by atoms with van der Waals surface area (Å²) in [6, 6.07) is 10.4. The second-order valence-corrected chi connectivity index (χ2v) is 7.51. The van der Waals surface area contributed by atoms with Gasteiger partial charge in [-0.2, -0.15) is 5.10 Å². The first-order chi connectivity index (χ1) is 14.5. The predicted molar refractivity (Wildman–Crippen MR) is 113 cm³/mol. The first-order valence-corrected chi connectivity index (χ1v) is 9.88. The van der Waals surface area contributed by atoms with Gasteiger partial charge < -0.3 is 10.6 Å². The van der Waals surface area contributed by atoms with Crippen LogP contribution in [0.25, 0.3) is 5.82 Å². The summed E-state index contributed by atoms with van der Waals surface area (Å²) < 4.78 is 1.55. The van der Waals surface area contributed by atoms with E-state index >= 15 is 0 Å². The molecule has 0 spiro atoms. The molecule has 30 heavy (non-hydrogen) atoms. The molecule has 1 unspecified atom stereocenters. The lowest BCUT2D eigenvalue weighted by Crippen LogP contribution is -2.47. The molecule has 2 amide bonds. The summed E-state index contributed by atoms with van der Waals surface area (Å²) in [4.78, 5) is 33.9. The van der Waals surface area contributed by atoms with Crippen molar-refractivity contribution in [2.75, 3.05) is 0 Å². The first kappa shape index (κ1) is 21.2. The molecule has 2 heterocycles. The highest BCUT2D eigenvalue weighted by atomic mass is 16.2. The van der Waals surface area contributed by atoms with E-state index in [0.717, 1.165) is 11.1 Å². The highest BCUT2D eigenvalue weighted by molar-refractivity contribution is 5.98. The van der Waals surface area contributed by atoms with Crippen molar-refractivity contribution < 1.29 is 9.59 Å². The monoisotopic (exact) mass is 406 g/mol. The molecule has 0 fully saturated rings. The van der Waals surface area contributed by atoms with Crippen LogP contribution in [0.1, 0.15) is 41.8 Å². The van der Waals surface area contributed by atoms with E-state index in [9.17, 15) is 9.59 Å². The van der Waals surface area contributed by atoms with Crippen molar-refractivity contribution in [1.29, 1.82) is 0 Å². The number of benzene rings is 1. The maximum Gasteiger partial charge on any atom is 0.252 e. The Morgan fingerprint density at radius 3 is 2.63 bits per heavy atom. The number of nitrogens with zero attached hydrogens (tertiary/aromatic N) is 4. The van der Waals surface area contributed by atoms with Crippen molar-refractivity contribution in [3.8, 4) is 5.82 Å². The molecule has 0 radical (unpaired) electrons. The number of nitrogens with one attached hydrogen (secondary N) is 2. The highest BCUT2D eigenvalue weighted by Crippen LogP contribution is 2.12. The molecule has 1 aromatic carbocycles. The van der Waals surface area contributed by atoms with Gasteiger partial charge in [0, 0.05) is 23.9 Å². The predicted octanol–water partition coefficient (Wildman–Crippen LogP) is 2.43. The summed E-state index contributed by atoms with van der Waals surface area (Å²) in [6.07, 6.45) is 5.17. The Morgan fingerprint density at radius 1 is 1.13 bits per heavy atom. The lowest BCUT2D eigenvalue weighted by molar-refractivity contribution is -0.123. The summed E-state index contributed by atoms with van der Waals surface area (Å²) in [5.74, 6) is 0.347. The van der Waals surface area contributed by atoms with Crippen molar-refractivity contribution in [3.63, 3.8) is 0 Å². The number of pyridine rings is 1. The van der Waals surface area contributed by atoms with Gasteiger partial charge in [-0.15, -0.1) is 0 Å². The molecule has 8 nitrogen and oxygen atoms in total. The van der Waals surface area contributed by atoms with Crippen LogP contribution >= 0.6 is 0 Å². The minimum atomic E-state index is -0.636. The molecule has 3 aromatic rings. The summed E-state index contributed by atoms with van der Waals surface area (Å²) in [7, 11) is 0. The molecular formula is C22H26N6O2. The minimum absolute atomic E-state index is 0.237. The Bertz CT molecular complexity index is 1000. The number of amides is 2. The van der Waals surface area contributed by atoms with E-state index in [-0.39, 0.29) is 24.3 Å². The largest absolute Gasteiger partial charge is 0.350 e. The van der Waals surface area contributed by atoms with E-state index in [4.69, 9.17) is 0 Å². The van der Waals surface area contributed by atoms with Crippen LogP contribution in [-0.4, -0.2) is 37.6 Å². The van der Waals surface area contributed by atoms with Crippen molar-refractivity contribution in [2.45, 2.75) is 39.8 Å². The number of aryl methyl sites for hydroxylation is 1. The third-order valence-corrected chi connectivity index (χ3v) is 4.67. The Labute approximate surface area is 175 Å². The number of carbonyl (C=O) groups excluding carboxylic acids is 2. The van der Waals surface area contributed by atoms with Crippen molar-refractivity contribution in [3.05, 3.63) is 71.9 Å². The Hall–Kier alpha value is -3.55. The molecular weight excluding hydrogens is 380 g/mol. The van der Waals surface area contributed by atoms with Gasteiger partial charge in [0.05, 0.1) is 0 Å². The van der Waals surface area contributed by atoms with Crippen LogP contribution in [0.4, 0.5) is 0 Å². The Morgan fingerprint density at radius 2 is 1.93 bits per heavy atom. The second kappa shape index (κ2) is 9.78. The zero-order valence-electron chi connectivity index (χ0n) is 17.4. The quantitative estimate of drug-likeness (QED) is 0.598. The molecule has 0 aliphatic heterocycles. The zero-order chi connectivity index (χ0) is 21.5. The van der Waals surface area contributed by atoms with Crippen LogP contribution in [0.3, 0.4) is 0 Å². The van der Waals surface area contributed by atoms with Gasteiger partial charge in [-0.05, 0) is 37.0 Å². The maximum atomic E-state index is 12.9. The van der Waals surface area contributed by atoms with Gasteiger partial charge in [-0.1, -0.05) is 38.1 Å². The fraction of sp³-hybridized carbons (Fsp3) is 0.318. The number of rotatable bonds is 8. The second-order valence-electron chi connectivity index (χ2n) is 7.51. The molecule has 0 aliphatic carbocycles. The van der Waals surface area contributed by atoms with Gasteiger partial charge in [-0.3, -0.25) is 9.59 Å². The van der Waals surface area contributed by atoms with E-state index in [1.54, 1.807) is 29.3 Å². The lowest BCUT2D eigenvalue weighted by Gasteiger charge is -2.21. The van der Waals surface area contributed by atoms with E-state index in [1.807, 2.05) is 45.0 Å². The molecule has 0 aliphatic rings. The van der Waals surface area contributed by atoms with Gasteiger partial charge in [0.15, 0.2) is 5.82 Å². The average Bonchev–Trinajstić information content (AvgIpc) is 3.26. The number of hydrogen-bond acceptors (Lipinski definition) is 5. The molecule has 0 bridgehead atoms. The van der Waals surface area contributed by atoms with E-state index in [0.29, 0.717) is 17.8 Å². The van der Waals surface area contributed by atoms with E-state index in [1.165, 1.54) is 6.33 Å². The zero-order valence-corrected chi connectivity index (χ0v) is 17.4.